The van der Waals surface area contributed by atoms with E-state index < -0.39 is 0 Å². The van der Waals surface area contributed by atoms with Crippen molar-refractivity contribution in [2.24, 2.45) is 0 Å². The SMILES string of the molecule is Cc1nccnc1[C@@H]1CCCNC1. The molecule has 0 aromatic carbocycles. The summed E-state index contributed by atoms with van der Waals surface area (Å²) in [7, 11) is 0. The molecule has 1 aliphatic rings. The van der Waals surface area contributed by atoms with Crippen LogP contribution in [-0.2, 0) is 0 Å². The van der Waals surface area contributed by atoms with Crippen LogP contribution in [0, 0.1) is 6.92 Å². The van der Waals surface area contributed by atoms with Crippen LogP contribution in [0.1, 0.15) is 30.1 Å². The van der Waals surface area contributed by atoms with E-state index in [0.717, 1.165) is 18.8 Å². The molecule has 0 saturated carbocycles. The molecular weight excluding hydrogens is 162 g/mol. The molecule has 0 spiro atoms. The van der Waals surface area contributed by atoms with Gasteiger partial charge in [0.2, 0.25) is 0 Å². The molecule has 0 unspecified atom stereocenters. The quantitative estimate of drug-likeness (QED) is 0.701. The van der Waals surface area contributed by atoms with E-state index in [4.69, 9.17) is 0 Å². The lowest BCUT2D eigenvalue weighted by Crippen LogP contribution is -2.29. The number of hydrogen-bond acceptors (Lipinski definition) is 3. The van der Waals surface area contributed by atoms with Gasteiger partial charge in [0.1, 0.15) is 0 Å². The first-order valence-electron chi connectivity index (χ1n) is 4.86. The minimum Gasteiger partial charge on any atom is -0.316 e. The Morgan fingerprint density at radius 2 is 2.23 bits per heavy atom. The maximum atomic E-state index is 4.40. The normalized spacial score (nSPS) is 23.0. The topological polar surface area (TPSA) is 37.8 Å². The lowest BCUT2D eigenvalue weighted by Gasteiger charge is -2.22. The third kappa shape index (κ3) is 1.86. The zero-order valence-corrected chi connectivity index (χ0v) is 7.95. The van der Waals surface area contributed by atoms with Gasteiger partial charge in [0.25, 0.3) is 0 Å². The largest absolute Gasteiger partial charge is 0.316 e. The molecule has 1 aromatic heterocycles. The third-order valence-electron chi connectivity index (χ3n) is 2.60. The zero-order valence-electron chi connectivity index (χ0n) is 7.95. The van der Waals surface area contributed by atoms with Gasteiger partial charge >= 0.3 is 0 Å². The summed E-state index contributed by atoms with van der Waals surface area (Å²) in [4.78, 5) is 8.66. The van der Waals surface area contributed by atoms with Gasteiger partial charge in [0.15, 0.2) is 0 Å². The minimum atomic E-state index is 0.572. The first-order chi connectivity index (χ1) is 6.38. The number of aromatic nitrogens is 2. The lowest BCUT2D eigenvalue weighted by atomic mass is 9.95. The fourth-order valence-electron chi connectivity index (χ4n) is 1.90. The molecule has 1 fully saturated rings. The second-order valence-corrected chi connectivity index (χ2v) is 3.57. The Morgan fingerprint density at radius 3 is 2.92 bits per heavy atom. The molecule has 2 heterocycles. The zero-order chi connectivity index (χ0) is 9.10. The van der Waals surface area contributed by atoms with Crippen LogP contribution in [-0.4, -0.2) is 23.1 Å². The summed E-state index contributed by atoms with van der Waals surface area (Å²) in [5, 5.41) is 3.39. The number of rotatable bonds is 1. The predicted octanol–water partition coefficient (Wildman–Crippen LogP) is 1.25. The van der Waals surface area contributed by atoms with Gasteiger partial charge in [-0.1, -0.05) is 0 Å². The van der Waals surface area contributed by atoms with Crippen molar-refractivity contribution in [3.05, 3.63) is 23.8 Å². The Bertz CT molecular complexity index is 279. The van der Waals surface area contributed by atoms with Gasteiger partial charge in [-0.25, -0.2) is 0 Å². The second kappa shape index (κ2) is 3.83. The molecule has 3 nitrogen and oxygen atoms in total. The Labute approximate surface area is 78.6 Å². The number of aryl methyl sites for hydroxylation is 1. The Balaban J connectivity index is 2.18. The Kier molecular flexibility index (Phi) is 2.54. The van der Waals surface area contributed by atoms with E-state index in [1.165, 1.54) is 18.5 Å². The summed E-state index contributed by atoms with van der Waals surface area (Å²) in [5.74, 6) is 0.572. The Hall–Kier alpha value is -0.960. The van der Waals surface area contributed by atoms with Crippen molar-refractivity contribution in [1.29, 1.82) is 0 Å². The van der Waals surface area contributed by atoms with Crippen molar-refractivity contribution >= 4 is 0 Å². The van der Waals surface area contributed by atoms with Gasteiger partial charge in [-0.15, -0.1) is 0 Å². The van der Waals surface area contributed by atoms with Crippen LogP contribution in [0.5, 0.6) is 0 Å². The number of nitrogens with zero attached hydrogens (tertiary/aromatic N) is 2. The highest BCUT2D eigenvalue weighted by Gasteiger charge is 2.18. The van der Waals surface area contributed by atoms with Crippen LogP contribution in [0.2, 0.25) is 0 Å². The van der Waals surface area contributed by atoms with Crippen molar-refractivity contribution in [3.8, 4) is 0 Å². The first-order valence-corrected chi connectivity index (χ1v) is 4.86. The van der Waals surface area contributed by atoms with E-state index >= 15 is 0 Å². The molecule has 3 heteroatoms. The molecule has 70 valence electrons. The molecule has 0 amide bonds. The van der Waals surface area contributed by atoms with E-state index in [9.17, 15) is 0 Å². The molecule has 1 N–H and O–H groups in total. The maximum absolute atomic E-state index is 4.40. The Morgan fingerprint density at radius 1 is 1.38 bits per heavy atom. The van der Waals surface area contributed by atoms with Crippen LogP contribution in [0.4, 0.5) is 0 Å². The monoisotopic (exact) mass is 177 g/mol. The standard InChI is InChI=1S/C10H15N3/c1-8-10(13-6-5-12-8)9-3-2-4-11-7-9/h5-6,9,11H,2-4,7H2,1H3/t9-/m1/s1. The lowest BCUT2D eigenvalue weighted by molar-refractivity contribution is 0.452. The minimum absolute atomic E-state index is 0.572. The molecule has 0 aliphatic carbocycles. The average Bonchev–Trinajstić information content (AvgIpc) is 2.20. The summed E-state index contributed by atoms with van der Waals surface area (Å²) >= 11 is 0. The fourth-order valence-corrected chi connectivity index (χ4v) is 1.90. The van der Waals surface area contributed by atoms with Crippen molar-refractivity contribution in [2.45, 2.75) is 25.7 Å². The number of nitrogens with one attached hydrogen (secondary N) is 1. The molecule has 1 saturated heterocycles. The number of piperidine rings is 1. The molecule has 0 bridgehead atoms. The van der Waals surface area contributed by atoms with Crippen LogP contribution in [0.25, 0.3) is 0 Å². The van der Waals surface area contributed by atoms with Gasteiger partial charge in [0, 0.05) is 24.9 Å². The average molecular weight is 177 g/mol. The molecule has 13 heavy (non-hydrogen) atoms. The summed E-state index contributed by atoms with van der Waals surface area (Å²) in [6.45, 7) is 4.24. The third-order valence-corrected chi connectivity index (χ3v) is 2.60. The van der Waals surface area contributed by atoms with E-state index in [1.807, 2.05) is 6.92 Å². The van der Waals surface area contributed by atoms with Crippen molar-refractivity contribution < 1.29 is 0 Å². The molecule has 1 aliphatic heterocycles. The van der Waals surface area contributed by atoms with Gasteiger partial charge < -0.3 is 5.32 Å². The number of hydrogen-bond donors (Lipinski definition) is 1. The van der Waals surface area contributed by atoms with Crippen LogP contribution in [0.15, 0.2) is 12.4 Å². The molecule has 2 rings (SSSR count). The first kappa shape index (κ1) is 8.63. The highest BCUT2D eigenvalue weighted by molar-refractivity contribution is 5.15. The summed E-state index contributed by atoms with van der Waals surface area (Å²) in [5.41, 5.74) is 2.26. The molecule has 0 radical (unpaired) electrons. The highest BCUT2D eigenvalue weighted by Crippen LogP contribution is 2.22. The smallest absolute Gasteiger partial charge is 0.0659 e. The van der Waals surface area contributed by atoms with E-state index in [1.54, 1.807) is 12.4 Å². The van der Waals surface area contributed by atoms with Gasteiger partial charge in [0.05, 0.1) is 11.4 Å². The van der Waals surface area contributed by atoms with E-state index in [-0.39, 0.29) is 0 Å². The molecular formula is C10H15N3. The van der Waals surface area contributed by atoms with Crippen molar-refractivity contribution in [1.82, 2.24) is 15.3 Å². The van der Waals surface area contributed by atoms with Crippen molar-refractivity contribution in [3.63, 3.8) is 0 Å². The highest BCUT2D eigenvalue weighted by atomic mass is 14.9. The van der Waals surface area contributed by atoms with Crippen LogP contribution >= 0.6 is 0 Å². The van der Waals surface area contributed by atoms with E-state index in [2.05, 4.69) is 15.3 Å². The van der Waals surface area contributed by atoms with Gasteiger partial charge in [-0.3, -0.25) is 9.97 Å². The van der Waals surface area contributed by atoms with Crippen molar-refractivity contribution in [2.75, 3.05) is 13.1 Å². The fraction of sp³-hybridized carbons (Fsp3) is 0.600. The van der Waals surface area contributed by atoms with Gasteiger partial charge in [-0.05, 0) is 26.3 Å². The second-order valence-electron chi connectivity index (χ2n) is 3.57. The van der Waals surface area contributed by atoms with Gasteiger partial charge in [-0.2, -0.15) is 0 Å². The summed E-state index contributed by atoms with van der Waals surface area (Å²) in [6.07, 6.45) is 6.04. The molecule has 1 aromatic rings. The summed E-state index contributed by atoms with van der Waals surface area (Å²) < 4.78 is 0. The summed E-state index contributed by atoms with van der Waals surface area (Å²) in [6, 6.07) is 0. The van der Waals surface area contributed by atoms with Crippen LogP contribution < -0.4 is 5.32 Å². The predicted molar refractivity (Wildman–Crippen MR) is 51.6 cm³/mol. The van der Waals surface area contributed by atoms with E-state index in [0.29, 0.717) is 5.92 Å². The van der Waals surface area contributed by atoms with Crippen LogP contribution in [0.3, 0.4) is 0 Å². The maximum Gasteiger partial charge on any atom is 0.0659 e. The molecule has 1 atom stereocenters.